The van der Waals surface area contributed by atoms with E-state index in [1.54, 1.807) is 11.3 Å². The predicted octanol–water partition coefficient (Wildman–Crippen LogP) is 6.13. The molecule has 0 aliphatic carbocycles. The Labute approximate surface area is 305 Å². The third-order valence-corrected chi connectivity index (χ3v) is 9.48. The van der Waals surface area contributed by atoms with Crippen molar-refractivity contribution >= 4 is 50.4 Å². The summed E-state index contributed by atoms with van der Waals surface area (Å²) in [6, 6.07) is 40.2. The second-order valence-corrected chi connectivity index (χ2v) is 12.4. The van der Waals surface area contributed by atoms with Gasteiger partial charge >= 0.3 is 29.6 Å². The van der Waals surface area contributed by atoms with Gasteiger partial charge < -0.3 is 14.6 Å². The Kier molecular flexibility index (Phi) is 10.3. The number of hydrogen-bond acceptors (Lipinski definition) is 7. The second-order valence-electron chi connectivity index (χ2n) is 11.0. The average Bonchev–Trinajstić information content (AvgIpc) is 3.55. The molecule has 0 aliphatic heterocycles. The summed E-state index contributed by atoms with van der Waals surface area (Å²) >= 11 is 6.64. The van der Waals surface area contributed by atoms with Crippen molar-refractivity contribution in [2.75, 3.05) is 0 Å². The van der Waals surface area contributed by atoms with E-state index in [2.05, 4.69) is 17.5 Å². The first kappa shape index (κ1) is 32.8. The van der Waals surface area contributed by atoms with E-state index in [9.17, 15) is 5.11 Å². The number of para-hydroxylation sites is 2. The zero-order chi connectivity index (χ0) is 31.5. The molecule has 0 bridgehead atoms. The zero-order valence-electron chi connectivity index (χ0n) is 26.1. The number of fused-ring (bicyclic) bond motifs is 2. The van der Waals surface area contributed by atoms with Gasteiger partial charge in [-0.15, -0.1) is 23.6 Å². The molecule has 1 unspecified atom stereocenters. The van der Waals surface area contributed by atoms with Crippen LogP contribution in [0.2, 0.25) is 0 Å². The Bertz CT molecular complexity index is 2160. The van der Waals surface area contributed by atoms with Crippen LogP contribution in [0.15, 0.2) is 127 Å². The van der Waals surface area contributed by atoms with Crippen LogP contribution >= 0.6 is 23.6 Å². The molecule has 5 nitrogen and oxygen atoms in total. The standard InChI is InChI=1S/C39H30N2O3S2.Na/c1-25(39(42)45)38-37(29-14-20-33(21-15-29)44-23-31-17-11-28-7-3-5-9-36(28)41-31)34(24-46-38)26-12-18-32(19-13-26)43-22-30-16-10-27-6-2-4-8-35(27)40-30;/h2-21,24-25H,22-23H2,1H3,(H,42,45);/q;+1/p-1. The molecule has 47 heavy (non-hydrogen) atoms. The van der Waals surface area contributed by atoms with Crippen LogP contribution in [0, 0.1) is 0 Å². The zero-order valence-corrected chi connectivity index (χ0v) is 29.7. The molecule has 7 rings (SSSR count). The minimum absolute atomic E-state index is 0. The maximum Gasteiger partial charge on any atom is 1.00 e. The summed E-state index contributed by atoms with van der Waals surface area (Å²) < 4.78 is 12.2. The number of thiophene rings is 1. The van der Waals surface area contributed by atoms with Crippen molar-refractivity contribution in [1.82, 2.24) is 9.97 Å². The quantitative estimate of drug-likeness (QED) is 0.130. The minimum atomic E-state index is -0.393. The van der Waals surface area contributed by atoms with Crippen LogP contribution in [0.25, 0.3) is 44.1 Å². The van der Waals surface area contributed by atoms with Crippen molar-refractivity contribution in [2.24, 2.45) is 0 Å². The number of thiocarbonyl (C=S) groups is 1. The van der Waals surface area contributed by atoms with Crippen LogP contribution in [0.4, 0.5) is 0 Å². The van der Waals surface area contributed by atoms with Gasteiger partial charge in [-0.1, -0.05) is 84.8 Å². The molecule has 0 fully saturated rings. The van der Waals surface area contributed by atoms with Gasteiger partial charge in [0.15, 0.2) is 0 Å². The summed E-state index contributed by atoms with van der Waals surface area (Å²) in [6.07, 6.45) is 0. The minimum Gasteiger partial charge on any atom is -0.867 e. The Balaban J connectivity index is 0.00000386. The van der Waals surface area contributed by atoms with Crippen molar-refractivity contribution in [3.63, 3.8) is 0 Å². The monoisotopic (exact) mass is 660 g/mol. The molecule has 8 heteroatoms. The molecule has 3 aromatic heterocycles. The normalized spacial score (nSPS) is 11.6. The maximum absolute atomic E-state index is 12.3. The molecule has 226 valence electrons. The maximum atomic E-state index is 12.3. The van der Waals surface area contributed by atoms with Crippen LogP contribution < -0.4 is 44.1 Å². The van der Waals surface area contributed by atoms with E-state index >= 15 is 0 Å². The molecular formula is C39H29N2NaO3S2. The van der Waals surface area contributed by atoms with Crippen LogP contribution in [-0.4, -0.2) is 15.0 Å². The first-order valence-corrected chi connectivity index (χ1v) is 16.3. The SMILES string of the molecule is CC(C([O-])=S)c1scc(-c2ccc(OCc3ccc4ccccc4n3)cc2)c1-c1ccc(OCc2ccc3ccccc3n2)cc1.[Na+]. The molecule has 3 heterocycles. The van der Waals surface area contributed by atoms with Gasteiger partial charge in [-0.25, -0.2) is 9.97 Å². The van der Waals surface area contributed by atoms with Gasteiger partial charge in [-0.05, 0) is 65.0 Å². The molecule has 7 aromatic rings. The fourth-order valence-electron chi connectivity index (χ4n) is 5.45. The number of ether oxygens (including phenoxy) is 2. The summed E-state index contributed by atoms with van der Waals surface area (Å²) in [4.78, 5) is 10.4. The molecule has 4 aromatic carbocycles. The largest absolute Gasteiger partial charge is 1.00 e. The second kappa shape index (κ2) is 14.8. The Hall–Kier alpha value is -4.11. The van der Waals surface area contributed by atoms with Crippen molar-refractivity contribution in [2.45, 2.75) is 26.1 Å². The number of benzene rings is 4. The molecule has 0 radical (unpaired) electrons. The molecule has 0 spiro atoms. The van der Waals surface area contributed by atoms with E-state index in [-0.39, 0.29) is 34.6 Å². The Morgan fingerprint density at radius 2 is 1.17 bits per heavy atom. The number of pyridine rings is 2. The van der Waals surface area contributed by atoms with Gasteiger partial charge in [0, 0.05) is 32.7 Å². The van der Waals surface area contributed by atoms with Crippen molar-refractivity contribution in [3.05, 3.63) is 143 Å². The molecule has 0 amide bonds. The van der Waals surface area contributed by atoms with Gasteiger partial charge in [0.1, 0.15) is 24.7 Å². The van der Waals surface area contributed by atoms with Crippen LogP contribution in [0.5, 0.6) is 11.5 Å². The Morgan fingerprint density at radius 3 is 1.68 bits per heavy atom. The van der Waals surface area contributed by atoms with E-state index < -0.39 is 5.92 Å². The van der Waals surface area contributed by atoms with Crippen LogP contribution in [0.3, 0.4) is 0 Å². The third-order valence-electron chi connectivity index (χ3n) is 7.96. The summed E-state index contributed by atoms with van der Waals surface area (Å²) in [5.74, 6) is 1.11. The molecule has 0 saturated carbocycles. The topological polar surface area (TPSA) is 67.3 Å². The third kappa shape index (κ3) is 7.40. The summed E-state index contributed by atoms with van der Waals surface area (Å²) in [5.41, 5.74) is 7.71. The first-order valence-electron chi connectivity index (χ1n) is 15.0. The van der Waals surface area contributed by atoms with E-state index in [1.807, 2.05) is 116 Å². The van der Waals surface area contributed by atoms with Crippen molar-refractivity contribution in [3.8, 4) is 33.8 Å². The van der Waals surface area contributed by atoms with Crippen LogP contribution in [-0.2, 0) is 13.2 Å². The van der Waals surface area contributed by atoms with E-state index in [0.717, 1.165) is 71.8 Å². The van der Waals surface area contributed by atoms with Gasteiger partial charge in [0.05, 0.1) is 22.4 Å². The summed E-state index contributed by atoms with van der Waals surface area (Å²) in [7, 11) is 0. The van der Waals surface area contributed by atoms with E-state index in [0.29, 0.717) is 13.2 Å². The summed E-state index contributed by atoms with van der Waals surface area (Å²) in [5, 5.41) is 16.3. The average molecular weight is 661 g/mol. The van der Waals surface area contributed by atoms with Gasteiger partial charge in [0.25, 0.3) is 0 Å². The van der Waals surface area contributed by atoms with E-state index in [4.69, 9.17) is 31.7 Å². The number of aromatic nitrogens is 2. The predicted molar refractivity (Wildman–Crippen MR) is 188 cm³/mol. The number of hydrogen-bond donors (Lipinski definition) is 0. The van der Waals surface area contributed by atoms with E-state index in [1.165, 1.54) is 0 Å². The van der Waals surface area contributed by atoms with Crippen molar-refractivity contribution < 1.29 is 44.1 Å². The van der Waals surface area contributed by atoms with Crippen LogP contribution in [0.1, 0.15) is 29.1 Å². The van der Waals surface area contributed by atoms with Gasteiger partial charge in [-0.2, -0.15) is 0 Å². The molecule has 0 aliphatic rings. The smallest absolute Gasteiger partial charge is 0.867 e. The fourth-order valence-corrected chi connectivity index (χ4v) is 6.80. The van der Waals surface area contributed by atoms with Crippen molar-refractivity contribution in [1.29, 1.82) is 0 Å². The molecule has 1 atom stereocenters. The Morgan fingerprint density at radius 1 is 0.681 bits per heavy atom. The molecule has 0 saturated heterocycles. The molecular weight excluding hydrogens is 632 g/mol. The van der Waals surface area contributed by atoms with Gasteiger partial charge in [0.2, 0.25) is 0 Å². The summed E-state index contributed by atoms with van der Waals surface area (Å²) in [6.45, 7) is 2.62. The van der Waals surface area contributed by atoms with Gasteiger partial charge in [-0.3, -0.25) is 0 Å². The fraction of sp³-hybridized carbons (Fsp3) is 0.103. The number of nitrogens with zero attached hydrogens (tertiary/aromatic N) is 2. The number of rotatable bonds is 10. The molecule has 0 N–H and O–H groups in total. The first-order chi connectivity index (χ1) is 22.5.